The lowest BCUT2D eigenvalue weighted by atomic mass is 9.87. The van der Waals surface area contributed by atoms with Gasteiger partial charge in [-0.25, -0.2) is 9.67 Å². The predicted molar refractivity (Wildman–Crippen MR) is 141 cm³/mol. The molecule has 2 atom stereocenters. The van der Waals surface area contributed by atoms with Gasteiger partial charge in [0.05, 0.1) is 20.1 Å². The molecule has 38 heavy (non-hydrogen) atoms. The number of pyridine rings is 1. The number of ether oxygens (including phenoxy) is 2. The molecular weight excluding hydrogens is 510 g/mol. The van der Waals surface area contributed by atoms with Gasteiger partial charge in [-0.1, -0.05) is 29.5 Å². The van der Waals surface area contributed by atoms with Gasteiger partial charge in [-0.2, -0.15) is 4.31 Å². The largest absolute Gasteiger partial charge is 0.494 e. The van der Waals surface area contributed by atoms with E-state index in [1.54, 1.807) is 41.5 Å². The second kappa shape index (κ2) is 10.2. The average Bonchev–Trinajstić information content (AvgIpc) is 3.23. The minimum absolute atomic E-state index is 0.152. The fourth-order valence-electron chi connectivity index (χ4n) is 4.83. The van der Waals surface area contributed by atoms with E-state index in [4.69, 9.17) is 9.47 Å². The van der Waals surface area contributed by atoms with Crippen LogP contribution in [0.5, 0.6) is 11.6 Å². The highest BCUT2D eigenvalue weighted by Crippen LogP contribution is 2.56. The number of benzene rings is 2. The topological polar surface area (TPSA) is 143 Å². The molecule has 200 valence electrons. The van der Waals surface area contributed by atoms with E-state index < -0.39 is 22.7 Å². The Balaban J connectivity index is 1.51. The normalized spacial score (nSPS) is 18.7. The summed E-state index contributed by atoms with van der Waals surface area (Å²) in [6, 6.07) is 14.4. The van der Waals surface area contributed by atoms with Gasteiger partial charge in [0, 0.05) is 25.7 Å². The number of carboxylic acid groups (broad SMARTS) is 1. The number of aryl methyl sites for hydroxylation is 1. The third-order valence-corrected chi connectivity index (χ3v) is 8.46. The van der Waals surface area contributed by atoms with Crippen LogP contribution in [0.25, 0.3) is 11.0 Å². The van der Waals surface area contributed by atoms with Crippen LogP contribution in [0.3, 0.4) is 0 Å². The van der Waals surface area contributed by atoms with Crippen LogP contribution < -0.4 is 9.47 Å². The Morgan fingerprint density at radius 1 is 1.21 bits per heavy atom. The van der Waals surface area contributed by atoms with Crippen LogP contribution >= 0.6 is 10.8 Å². The van der Waals surface area contributed by atoms with Gasteiger partial charge in [0.25, 0.3) is 0 Å². The van der Waals surface area contributed by atoms with Gasteiger partial charge < -0.3 is 14.6 Å². The summed E-state index contributed by atoms with van der Waals surface area (Å²) in [4.78, 5) is 16.3. The second-order valence-electron chi connectivity index (χ2n) is 9.28. The maximum atomic E-state index is 11.9. The van der Waals surface area contributed by atoms with E-state index in [0.29, 0.717) is 11.3 Å². The quantitative estimate of drug-likeness (QED) is 0.311. The van der Waals surface area contributed by atoms with Gasteiger partial charge in [-0.3, -0.25) is 13.9 Å². The molecule has 1 aliphatic rings. The summed E-state index contributed by atoms with van der Waals surface area (Å²) in [6.45, 7) is 2.33. The third kappa shape index (κ3) is 4.90. The number of fused-ring (bicyclic) bond motifs is 2. The van der Waals surface area contributed by atoms with E-state index in [1.807, 2.05) is 43.3 Å². The first-order valence-corrected chi connectivity index (χ1v) is 13.5. The maximum Gasteiger partial charge on any atom is 0.304 e. The minimum Gasteiger partial charge on any atom is -0.494 e. The van der Waals surface area contributed by atoms with Crippen LogP contribution in [-0.2, 0) is 18.4 Å². The fourth-order valence-corrected chi connectivity index (χ4v) is 6.45. The molecule has 0 saturated heterocycles. The van der Waals surface area contributed by atoms with E-state index in [-0.39, 0.29) is 36.4 Å². The summed E-state index contributed by atoms with van der Waals surface area (Å²) in [6.07, 6.45) is 1.07. The van der Waals surface area contributed by atoms with E-state index in [9.17, 15) is 19.0 Å². The van der Waals surface area contributed by atoms with Crippen LogP contribution in [-0.4, -0.2) is 64.2 Å². The van der Waals surface area contributed by atoms with Crippen molar-refractivity contribution in [2.75, 3.05) is 13.7 Å². The highest BCUT2D eigenvalue weighted by atomic mass is 32.3. The van der Waals surface area contributed by atoms with Crippen LogP contribution in [0.1, 0.15) is 36.0 Å². The van der Waals surface area contributed by atoms with Crippen molar-refractivity contribution < 1.29 is 28.5 Å². The Morgan fingerprint density at radius 3 is 2.79 bits per heavy atom. The van der Waals surface area contributed by atoms with Gasteiger partial charge >= 0.3 is 5.97 Å². The first-order valence-electron chi connectivity index (χ1n) is 12.0. The Hall–Kier alpha value is -3.71. The first-order chi connectivity index (χ1) is 18.2. The third-order valence-electron chi connectivity index (χ3n) is 6.57. The summed E-state index contributed by atoms with van der Waals surface area (Å²) < 4.78 is 37.1. The van der Waals surface area contributed by atoms with Crippen LogP contribution in [0.15, 0.2) is 59.6 Å². The molecule has 0 spiro atoms. The first kappa shape index (κ1) is 25.9. The van der Waals surface area contributed by atoms with Crippen molar-refractivity contribution in [3.8, 4) is 11.6 Å². The lowest BCUT2D eigenvalue weighted by Crippen LogP contribution is -2.33. The van der Waals surface area contributed by atoms with Crippen molar-refractivity contribution in [3.63, 3.8) is 0 Å². The molecule has 3 heterocycles. The Bertz CT molecular complexity index is 1490. The van der Waals surface area contributed by atoms with E-state index >= 15 is 0 Å². The SMILES string of the molecule is COc1cc(C(CC(=O)O)c2cccc(CN3C[C@@H](C)Oc4ncccc4S3(O)O)c2)cc2nnn(C)c12. The molecule has 0 radical (unpaired) electrons. The zero-order valence-electron chi connectivity index (χ0n) is 21.2. The molecule has 3 N–H and O–H groups in total. The van der Waals surface area contributed by atoms with Gasteiger partial charge in [0.1, 0.15) is 27.8 Å². The number of aliphatic carboxylic acids is 1. The molecule has 2 aromatic carbocycles. The second-order valence-corrected chi connectivity index (χ2v) is 11.3. The van der Waals surface area contributed by atoms with Gasteiger partial charge in [-0.15, -0.1) is 15.9 Å². The number of carbonyl (C=O) groups is 1. The number of hydrogen-bond donors (Lipinski definition) is 3. The lowest BCUT2D eigenvalue weighted by molar-refractivity contribution is -0.137. The molecule has 0 aliphatic carbocycles. The molecule has 12 heteroatoms. The molecule has 2 aromatic heterocycles. The van der Waals surface area contributed by atoms with Crippen molar-refractivity contribution in [1.82, 2.24) is 24.3 Å². The minimum atomic E-state index is -3.37. The molecule has 11 nitrogen and oxygen atoms in total. The number of aromatic nitrogens is 4. The number of methoxy groups -OCH3 is 1. The molecule has 0 bridgehead atoms. The van der Waals surface area contributed by atoms with E-state index in [2.05, 4.69) is 15.3 Å². The van der Waals surface area contributed by atoms with Crippen molar-refractivity contribution in [3.05, 3.63) is 71.4 Å². The highest BCUT2D eigenvalue weighted by Gasteiger charge is 2.34. The average molecular weight is 540 g/mol. The maximum absolute atomic E-state index is 11.9. The number of nitrogens with zero attached hydrogens (tertiary/aromatic N) is 5. The van der Waals surface area contributed by atoms with Crippen molar-refractivity contribution in [2.45, 2.75) is 36.8 Å². The van der Waals surface area contributed by atoms with Crippen molar-refractivity contribution >= 4 is 27.8 Å². The molecule has 4 aromatic rings. The van der Waals surface area contributed by atoms with Crippen molar-refractivity contribution in [1.29, 1.82) is 0 Å². The van der Waals surface area contributed by atoms with Gasteiger partial charge in [0.2, 0.25) is 5.88 Å². The smallest absolute Gasteiger partial charge is 0.304 e. The van der Waals surface area contributed by atoms with Gasteiger partial charge in [0.15, 0.2) is 0 Å². The van der Waals surface area contributed by atoms with Crippen molar-refractivity contribution in [2.24, 2.45) is 7.05 Å². The highest BCUT2D eigenvalue weighted by molar-refractivity contribution is 8.22. The van der Waals surface area contributed by atoms with Gasteiger partial charge in [-0.05, 0) is 47.9 Å². The monoisotopic (exact) mass is 539 g/mol. The Kier molecular flexibility index (Phi) is 6.97. The lowest BCUT2D eigenvalue weighted by Gasteiger charge is -2.41. The Labute approximate surface area is 221 Å². The molecule has 1 unspecified atom stereocenters. The molecular formula is C26H29N5O6S. The molecule has 5 rings (SSSR count). The van der Waals surface area contributed by atoms with Crippen LogP contribution in [0.4, 0.5) is 0 Å². The molecule has 0 saturated carbocycles. The summed E-state index contributed by atoms with van der Waals surface area (Å²) in [5.41, 5.74) is 3.62. The fraction of sp³-hybridized carbons (Fsp3) is 0.308. The zero-order chi connectivity index (χ0) is 27.0. The number of rotatable bonds is 7. The van der Waals surface area contributed by atoms with Crippen LogP contribution in [0.2, 0.25) is 0 Å². The summed E-state index contributed by atoms with van der Waals surface area (Å²) in [5, 5.41) is 18.0. The number of hydrogen-bond acceptors (Lipinski definition) is 9. The summed E-state index contributed by atoms with van der Waals surface area (Å²) in [5.74, 6) is -0.678. The molecule has 0 amide bonds. The zero-order valence-corrected chi connectivity index (χ0v) is 22.0. The molecule has 0 fully saturated rings. The molecule has 1 aliphatic heterocycles. The Morgan fingerprint density at radius 2 is 2.03 bits per heavy atom. The standard InChI is InChI=1S/C26H29N5O6S/c1-16-14-31(38(34,35)23-8-5-9-27-26(23)37-16)15-17-6-4-7-18(10-17)20(13-24(32)33)19-11-21-25(22(12-19)36-3)30(2)29-28-21/h4-12,16,20,34-35H,13-15H2,1-3H3,(H,32,33)/t16-,20?/m1/s1. The van der Waals surface area contributed by atoms with Crippen LogP contribution in [0, 0.1) is 0 Å². The summed E-state index contributed by atoms with van der Waals surface area (Å²) >= 11 is 0. The van der Waals surface area contributed by atoms with E-state index in [1.165, 1.54) is 0 Å². The summed E-state index contributed by atoms with van der Waals surface area (Å²) in [7, 11) is -0.0490. The predicted octanol–water partition coefficient (Wildman–Crippen LogP) is 4.29. The van der Waals surface area contributed by atoms with E-state index in [0.717, 1.165) is 22.2 Å². The number of carboxylic acids is 1.